The van der Waals surface area contributed by atoms with Crippen molar-refractivity contribution in [2.75, 3.05) is 7.11 Å². The lowest BCUT2D eigenvalue weighted by Gasteiger charge is -2.51. The van der Waals surface area contributed by atoms with E-state index in [0.717, 1.165) is 19.2 Å². The summed E-state index contributed by atoms with van der Waals surface area (Å²) in [7, 11) is 1.05. The molecule has 0 radical (unpaired) electrons. The van der Waals surface area contributed by atoms with Crippen molar-refractivity contribution >= 4 is 5.97 Å². The van der Waals surface area contributed by atoms with Crippen LogP contribution in [0.1, 0.15) is 18.4 Å². The molecule has 3 nitrogen and oxygen atoms in total. The highest BCUT2D eigenvalue weighted by atomic mass is 19.4. The van der Waals surface area contributed by atoms with Crippen LogP contribution in [0.5, 0.6) is 0 Å². The minimum Gasteiger partial charge on any atom is -0.468 e. The van der Waals surface area contributed by atoms with Crippen LogP contribution in [-0.4, -0.2) is 30.0 Å². The predicted molar refractivity (Wildman–Crippen MR) is 60.3 cm³/mol. The summed E-state index contributed by atoms with van der Waals surface area (Å²) in [6.45, 7) is 0. The molecular formula is C13H12F4O3. The number of alkyl halides is 3. The van der Waals surface area contributed by atoms with Gasteiger partial charge in [-0.1, -0.05) is 12.1 Å². The van der Waals surface area contributed by atoms with E-state index >= 15 is 0 Å². The Morgan fingerprint density at radius 2 is 1.75 bits per heavy atom. The number of ether oxygens (including phenoxy) is 1. The van der Waals surface area contributed by atoms with E-state index in [1.54, 1.807) is 0 Å². The topological polar surface area (TPSA) is 46.5 Å². The summed E-state index contributed by atoms with van der Waals surface area (Å²) in [5, 5.41) is 9.54. The Morgan fingerprint density at radius 3 is 2.15 bits per heavy atom. The monoisotopic (exact) mass is 292 g/mol. The van der Waals surface area contributed by atoms with Crippen LogP contribution in [0.3, 0.4) is 0 Å². The Kier molecular flexibility index (Phi) is 3.28. The molecule has 0 spiro atoms. The summed E-state index contributed by atoms with van der Waals surface area (Å²) in [6, 6.07) is 4.54. The molecular weight excluding hydrogens is 280 g/mol. The highest BCUT2D eigenvalue weighted by Crippen LogP contribution is 2.57. The van der Waals surface area contributed by atoms with Gasteiger partial charge in [0.15, 0.2) is 5.60 Å². The van der Waals surface area contributed by atoms with E-state index < -0.39 is 41.8 Å². The zero-order valence-electron chi connectivity index (χ0n) is 10.5. The molecule has 20 heavy (non-hydrogen) atoms. The van der Waals surface area contributed by atoms with Crippen molar-refractivity contribution in [1.29, 1.82) is 0 Å². The minimum absolute atomic E-state index is 0.194. The van der Waals surface area contributed by atoms with Crippen molar-refractivity contribution < 1.29 is 32.2 Å². The summed E-state index contributed by atoms with van der Waals surface area (Å²) >= 11 is 0. The normalized spacial score (nSPS) is 29.7. The Bertz CT molecular complexity index is 515. The lowest BCUT2D eigenvalue weighted by Crippen LogP contribution is -2.65. The van der Waals surface area contributed by atoms with E-state index in [0.29, 0.717) is 0 Å². The summed E-state index contributed by atoms with van der Waals surface area (Å²) in [4.78, 5) is 11.8. The third kappa shape index (κ3) is 2.06. The second-order valence-corrected chi connectivity index (χ2v) is 4.96. The summed E-state index contributed by atoms with van der Waals surface area (Å²) < 4.78 is 55.6. The summed E-state index contributed by atoms with van der Waals surface area (Å²) in [5.41, 5.74) is -4.32. The quantitative estimate of drug-likeness (QED) is 0.672. The first-order chi connectivity index (χ1) is 9.14. The van der Waals surface area contributed by atoms with Crippen molar-refractivity contribution in [1.82, 2.24) is 0 Å². The maximum atomic E-state index is 12.9. The van der Waals surface area contributed by atoms with Gasteiger partial charge in [0, 0.05) is 12.8 Å². The molecule has 1 aliphatic carbocycles. The van der Waals surface area contributed by atoms with Crippen LogP contribution < -0.4 is 0 Å². The molecule has 1 fully saturated rings. The van der Waals surface area contributed by atoms with Crippen LogP contribution >= 0.6 is 0 Å². The van der Waals surface area contributed by atoms with Gasteiger partial charge < -0.3 is 9.84 Å². The number of esters is 1. The van der Waals surface area contributed by atoms with Gasteiger partial charge in [-0.15, -0.1) is 0 Å². The van der Waals surface area contributed by atoms with Crippen LogP contribution in [0.4, 0.5) is 17.6 Å². The number of carbonyl (C=O) groups excluding carboxylic acids is 1. The fraction of sp³-hybridized carbons (Fsp3) is 0.462. The fourth-order valence-electron chi connectivity index (χ4n) is 2.58. The van der Waals surface area contributed by atoms with Gasteiger partial charge in [-0.3, -0.25) is 4.79 Å². The average molecular weight is 292 g/mol. The van der Waals surface area contributed by atoms with E-state index in [2.05, 4.69) is 4.74 Å². The molecule has 0 atom stereocenters. The molecule has 110 valence electrons. The lowest BCUT2D eigenvalue weighted by molar-refractivity contribution is -0.302. The zero-order valence-corrected chi connectivity index (χ0v) is 10.5. The van der Waals surface area contributed by atoms with Gasteiger partial charge in [0.05, 0.1) is 12.5 Å². The first-order valence-corrected chi connectivity index (χ1v) is 5.78. The molecule has 0 aliphatic heterocycles. The van der Waals surface area contributed by atoms with Crippen LogP contribution in [0.25, 0.3) is 0 Å². The molecule has 1 saturated carbocycles. The number of hydrogen-bond acceptors (Lipinski definition) is 3. The first kappa shape index (κ1) is 14.8. The van der Waals surface area contributed by atoms with Gasteiger partial charge in [-0.2, -0.15) is 13.2 Å². The van der Waals surface area contributed by atoms with Crippen LogP contribution in [0, 0.1) is 5.82 Å². The molecule has 2 rings (SSSR count). The molecule has 0 bridgehead atoms. The molecule has 1 N–H and O–H groups in total. The van der Waals surface area contributed by atoms with E-state index in [-0.39, 0.29) is 5.56 Å². The number of halogens is 4. The van der Waals surface area contributed by atoms with Crippen molar-refractivity contribution in [2.24, 2.45) is 0 Å². The van der Waals surface area contributed by atoms with Gasteiger partial charge in [-0.05, 0) is 17.7 Å². The third-order valence-electron chi connectivity index (χ3n) is 3.69. The Morgan fingerprint density at radius 1 is 1.25 bits per heavy atom. The first-order valence-electron chi connectivity index (χ1n) is 5.78. The van der Waals surface area contributed by atoms with Crippen LogP contribution in [-0.2, 0) is 14.9 Å². The standard InChI is InChI=1S/C13H12F4O3/c1-20-10(18)11(8-2-4-9(14)5-3-8)6-12(19,7-11)13(15,16)17/h2-5,19H,6-7H2,1H3. The molecule has 1 aromatic carbocycles. The van der Waals surface area contributed by atoms with Gasteiger partial charge in [-0.25, -0.2) is 4.39 Å². The van der Waals surface area contributed by atoms with Crippen molar-refractivity contribution in [3.8, 4) is 0 Å². The van der Waals surface area contributed by atoms with E-state index in [1.165, 1.54) is 12.1 Å². The number of benzene rings is 1. The lowest BCUT2D eigenvalue weighted by atomic mass is 9.55. The Balaban J connectivity index is 2.37. The molecule has 1 aromatic rings. The van der Waals surface area contributed by atoms with E-state index in [4.69, 9.17) is 0 Å². The van der Waals surface area contributed by atoms with Gasteiger partial charge in [0.2, 0.25) is 0 Å². The average Bonchev–Trinajstić information content (AvgIpc) is 2.33. The van der Waals surface area contributed by atoms with Gasteiger partial charge in [0.25, 0.3) is 0 Å². The summed E-state index contributed by atoms with van der Waals surface area (Å²) in [6.07, 6.45) is -6.49. The van der Waals surface area contributed by atoms with E-state index in [1.807, 2.05) is 0 Å². The Hall–Kier alpha value is -1.63. The van der Waals surface area contributed by atoms with Gasteiger partial charge in [0.1, 0.15) is 5.82 Å². The molecule has 0 heterocycles. The van der Waals surface area contributed by atoms with Gasteiger partial charge >= 0.3 is 12.1 Å². The third-order valence-corrected chi connectivity index (χ3v) is 3.69. The van der Waals surface area contributed by atoms with Crippen molar-refractivity contribution in [2.45, 2.75) is 30.0 Å². The number of rotatable bonds is 2. The smallest absolute Gasteiger partial charge is 0.417 e. The highest BCUT2D eigenvalue weighted by Gasteiger charge is 2.70. The van der Waals surface area contributed by atoms with Crippen LogP contribution in [0.2, 0.25) is 0 Å². The van der Waals surface area contributed by atoms with Crippen molar-refractivity contribution in [3.05, 3.63) is 35.6 Å². The van der Waals surface area contributed by atoms with Crippen molar-refractivity contribution in [3.63, 3.8) is 0 Å². The largest absolute Gasteiger partial charge is 0.468 e. The number of carbonyl (C=O) groups is 1. The minimum atomic E-state index is -4.83. The number of hydrogen-bond donors (Lipinski definition) is 1. The second-order valence-electron chi connectivity index (χ2n) is 4.96. The molecule has 7 heteroatoms. The SMILES string of the molecule is COC(=O)C1(c2ccc(F)cc2)CC(O)(C(F)(F)F)C1. The maximum absolute atomic E-state index is 12.9. The second kappa shape index (κ2) is 4.44. The highest BCUT2D eigenvalue weighted by molar-refractivity contribution is 5.85. The number of methoxy groups -OCH3 is 1. The van der Waals surface area contributed by atoms with E-state index in [9.17, 15) is 27.5 Å². The molecule has 0 saturated heterocycles. The summed E-state index contributed by atoms with van der Waals surface area (Å²) in [5.74, 6) is -1.45. The molecule has 0 aromatic heterocycles. The molecule has 0 unspecified atom stereocenters. The number of aliphatic hydroxyl groups is 1. The molecule has 0 amide bonds. The predicted octanol–water partition coefficient (Wildman–Crippen LogP) is 2.32. The maximum Gasteiger partial charge on any atom is 0.417 e. The molecule has 1 aliphatic rings. The van der Waals surface area contributed by atoms with Crippen LogP contribution in [0.15, 0.2) is 24.3 Å². The fourth-order valence-corrected chi connectivity index (χ4v) is 2.58. The zero-order chi connectivity index (χ0) is 15.2. The Labute approximate surface area is 112 Å².